The lowest BCUT2D eigenvalue weighted by Crippen LogP contribution is -2.30. The van der Waals surface area contributed by atoms with E-state index >= 15 is 0 Å². The first kappa shape index (κ1) is 67.4. The molecule has 0 radical (unpaired) electrons. The van der Waals surface area contributed by atoms with Gasteiger partial charge in [-0.15, -0.1) is 0 Å². The van der Waals surface area contributed by atoms with Crippen LogP contribution in [0.2, 0.25) is 0 Å². The Bertz CT molecular complexity index is 1220. The van der Waals surface area contributed by atoms with Crippen molar-refractivity contribution in [2.75, 3.05) is 13.2 Å². The maximum absolute atomic E-state index is 12.9. The van der Waals surface area contributed by atoms with E-state index in [0.717, 1.165) is 83.5 Å². The number of ether oxygens (including phenoxy) is 3. The minimum absolute atomic E-state index is 0.0690. The lowest BCUT2D eigenvalue weighted by atomic mass is 10.0. The van der Waals surface area contributed by atoms with E-state index in [-0.39, 0.29) is 31.1 Å². The third-order valence-electron chi connectivity index (χ3n) is 13.6. The van der Waals surface area contributed by atoms with Gasteiger partial charge in [0.2, 0.25) is 0 Å². The molecular formula is C64H116O6. The highest BCUT2D eigenvalue weighted by atomic mass is 16.6. The Hall–Kier alpha value is -2.63. The van der Waals surface area contributed by atoms with Crippen molar-refractivity contribution in [1.82, 2.24) is 0 Å². The fourth-order valence-corrected chi connectivity index (χ4v) is 9.02. The molecule has 408 valence electrons. The highest BCUT2D eigenvalue weighted by Crippen LogP contribution is 2.17. The van der Waals surface area contributed by atoms with Crippen molar-refractivity contribution in [3.8, 4) is 0 Å². The van der Waals surface area contributed by atoms with Crippen molar-refractivity contribution in [3.63, 3.8) is 0 Å². The van der Waals surface area contributed by atoms with Crippen LogP contribution in [0.4, 0.5) is 0 Å². The van der Waals surface area contributed by atoms with Crippen LogP contribution in [0, 0.1) is 0 Å². The summed E-state index contributed by atoms with van der Waals surface area (Å²) >= 11 is 0. The molecule has 0 bridgehead atoms. The summed E-state index contributed by atoms with van der Waals surface area (Å²) in [7, 11) is 0. The van der Waals surface area contributed by atoms with Gasteiger partial charge in [-0.05, 0) is 57.8 Å². The van der Waals surface area contributed by atoms with Gasteiger partial charge in [0.1, 0.15) is 13.2 Å². The number of carbonyl (C=O) groups is 3. The van der Waals surface area contributed by atoms with Crippen LogP contribution in [0.25, 0.3) is 0 Å². The van der Waals surface area contributed by atoms with E-state index in [1.165, 1.54) is 199 Å². The van der Waals surface area contributed by atoms with Crippen molar-refractivity contribution in [2.45, 2.75) is 329 Å². The Morgan fingerprint density at radius 1 is 0.300 bits per heavy atom. The van der Waals surface area contributed by atoms with E-state index in [1.807, 2.05) is 0 Å². The second kappa shape index (κ2) is 58.9. The van der Waals surface area contributed by atoms with Crippen molar-refractivity contribution in [2.24, 2.45) is 0 Å². The van der Waals surface area contributed by atoms with Gasteiger partial charge in [0.25, 0.3) is 0 Å². The summed E-state index contributed by atoms with van der Waals surface area (Å²) in [6.45, 7) is 6.57. The van der Waals surface area contributed by atoms with Crippen LogP contribution in [-0.2, 0) is 28.6 Å². The van der Waals surface area contributed by atoms with Crippen LogP contribution in [-0.4, -0.2) is 37.2 Å². The minimum atomic E-state index is -0.770. The number of carbonyl (C=O) groups excluding carboxylic acids is 3. The fourth-order valence-electron chi connectivity index (χ4n) is 9.02. The average Bonchev–Trinajstić information content (AvgIpc) is 3.36. The Morgan fingerprint density at radius 2 is 0.557 bits per heavy atom. The Kier molecular flexibility index (Phi) is 56.7. The van der Waals surface area contributed by atoms with Crippen LogP contribution in [0.15, 0.2) is 48.6 Å². The van der Waals surface area contributed by atoms with E-state index in [2.05, 4.69) is 69.4 Å². The molecule has 0 heterocycles. The fraction of sp³-hybridized carbons (Fsp3) is 0.828. The third kappa shape index (κ3) is 56.3. The SMILES string of the molecule is CC/C=C\C/C=C\C/C=C\C/C=C\CCCCCCCCCCCCC(=O)OCC(COC(=O)CCCCCCCCCCCCCC)OC(=O)CCCCCCCCCCCCCCCCCCC. The van der Waals surface area contributed by atoms with E-state index in [0.29, 0.717) is 19.3 Å². The highest BCUT2D eigenvalue weighted by molar-refractivity contribution is 5.71. The molecule has 0 aromatic heterocycles. The van der Waals surface area contributed by atoms with Gasteiger partial charge < -0.3 is 14.2 Å². The van der Waals surface area contributed by atoms with E-state index in [4.69, 9.17) is 14.2 Å². The van der Waals surface area contributed by atoms with Gasteiger partial charge in [-0.1, -0.05) is 294 Å². The normalized spacial score (nSPS) is 12.3. The minimum Gasteiger partial charge on any atom is -0.462 e. The summed E-state index contributed by atoms with van der Waals surface area (Å²) in [5.74, 6) is -0.853. The molecule has 0 aliphatic rings. The maximum atomic E-state index is 12.9. The second-order valence-electron chi connectivity index (χ2n) is 20.6. The quantitative estimate of drug-likeness (QED) is 0.0261. The predicted octanol–water partition coefficient (Wildman–Crippen LogP) is 20.6. The van der Waals surface area contributed by atoms with Gasteiger partial charge in [-0.2, -0.15) is 0 Å². The van der Waals surface area contributed by atoms with Crippen molar-refractivity contribution in [3.05, 3.63) is 48.6 Å². The molecule has 0 aromatic carbocycles. The van der Waals surface area contributed by atoms with Gasteiger partial charge in [0, 0.05) is 19.3 Å². The number of rotatable bonds is 56. The average molecular weight is 982 g/mol. The lowest BCUT2D eigenvalue weighted by molar-refractivity contribution is -0.167. The Morgan fingerprint density at radius 3 is 0.871 bits per heavy atom. The number of hydrogen-bond acceptors (Lipinski definition) is 6. The van der Waals surface area contributed by atoms with Crippen LogP contribution in [0.5, 0.6) is 0 Å². The Balaban J connectivity index is 4.28. The largest absolute Gasteiger partial charge is 0.462 e. The second-order valence-corrected chi connectivity index (χ2v) is 20.6. The summed E-state index contributed by atoms with van der Waals surface area (Å²) in [5.41, 5.74) is 0. The standard InChI is InChI=1S/C64H116O6/c1-4-7-10-13-16-19-22-25-27-29-30-31-32-33-34-36-37-39-42-45-48-51-54-57-63(66)69-60-61(59-68-62(65)56-53-50-47-44-41-24-21-18-15-12-9-6-3)70-64(67)58-55-52-49-46-43-40-38-35-28-26-23-20-17-14-11-8-5-2/h7,10,16,19,25,27,30-31,61H,4-6,8-9,11-15,17-18,20-24,26,28-29,32-60H2,1-3H3/b10-7-,19-16-,27-25-,31-30-. The van der Waals surface area contributed by atoms with Gasteiger partial charge in [-0.25, -0.2) is 0 Å². The molecule has 1 unspecified atom stereocenters. The van der Waals surface area contributed by atoms with Gasteiger partial charge in [-0.3, -0.25) is 14.4 Å². The summed E-state index contributed by atoms with van der Waals surface area (Å²) < 4.78 is 16.9. The zero-order valence-corrected chi connectivity index (χ0v) is 46.8. The van der Waals surface area contributed by atoms with Crippen LogP contribution >= 0.6 is 0 Å². The Labute approximate surface area is 435 Å². The molecule has 0 saturated carbocycles. The molecule has 0 fully saturated rings. The molecule has 0 amide bonds. The van der Waals surface area contributed by atoms with Crippen LogP contribution in [0.3, 0.4) is 0 Å². The zero-order valence-electron chi connectivity index (χ0n) is 46.8. The molecule has 6 heteroatoms. The van der Waals surface area contributed by atoms with Crippen molar-refractivity contribution < 1.29 is 28.6 Å². The van der Waals surface area contributed by atoms with Gasteiger partial charge in [0.15, 0.2) is 6.10 Å². The molecule has 0 rings (SSSR count). The van der Waals surface area contributed by atoms with Gasteiger partial charge >= 0.3 is 17.9 Å². The predicted molar refractivity (Wildman–Crippen MR) is 302 cm³/mol. The van der Waals surface area contributed by atoms with Crippen LogP contribution in [0.1, 0.15) is 323 Å². The molecule has 1 atom stereocenters. The summed E-state index contributed by atoms with van der Waals surface area (Å²) in [4.78, 5) is 38.2. The molecule has 6 nitrogen and oxygen atoms in total. The molecule has 0 N–H and O–H groups in total. The maximum Gasteiger partial charge on any atom is 0.306 e. The monoisotopic (exact) mass is 981 g/mol. The third-order valence-corrected chi connectivity index (χ3v) is 13.6. The number of allylic oxidation sites excluding steroid dienone is 8. The molecular weight excluding hydrogens is 865 g/mol. The first-order chi connectivity index (χ1) is 34.5. The molecule has 0 aliphatic heterocycles. The summed E-state index contributed by atoms with van der Waals surface area (Å²) in [6, 6.07) is 0. The molecule has 0 spiro atoms. The molecule has 0 aromatic rings. The van der Waals surface area contributed by atoms with E-state index in [9.17, 15) is 14.4 Å². The first-order valence-corrected chi connectivity index (χ1v) is 30.6. The number of esters is 3. The molecule has 0 aliphatic carbocycles. The first-order valence-electron chi connectivity index (χ1n) is 30.6. The molecule has 70 heavy (non-hydrogen) atoms. The number of hydrogen-bond donors (Lipinski definition) is 0. The zero-order chi connectivity index (χ0) is 50.7. The highest BCUT2D eigenvalue weighted by Gasteiger charge is 2.19. The number of unbranched alkanes of at least 4 members (excludes halogenated alkanes) is 37. The smallest absolute Gasteiger partial charge is 0.306 e. The van der Waals surface area contributed by atoms with Gasteiger partial charge in [0.05, 0.1) is 0 Å². The topological polar surface area (TPSA) is 78.9 Å². The van der Waals surface area contributed by atoms with Crippen molar-refractivity contribution in [1.29, 1.82) is 0 Å². The van der Waals surface area contributed by atoms with Crippen LogP contribution < -0.4 is 0 Å². The van der Waals surface area contributed by atoms with E-state index in [1.54, 1.807) is 0 Å². The van der Waals surface area contributed by atoms with E-state index < -0.39 is 6.10 Å². The summed E-state index contributed by atoms with van der Waals surface area (Å²) in [5, 5.41) is 0. The summed E-state index contributed by atoms with van der Waals surface area (Å²) in [6.07, 6.45) is 72.5. The lowest BCUT2D eigenvalue weighted by Gasteiger charge is -2.18. The molecule has 0 saturated heterocycles. The van der Waals surface area contributed by atoms with Crippen molar-refractivity contribution >= 4 is 17.9 Å².